The zero-order valence-corrected chi connectivity index (χ0v) is 12.3. The summed E-state index contributed by atoms with van der Waals surface area (Å²) in [6, 6.07) is 0.826. The lowest BCUT2D eigenvalue weighted by Crippen LogP contribution is -2.52. The molecule has 4 fully saturated rings. The lowest BCUT2D eigenvalue weighted by Gasteiger charge is -2.56. The molecule has 18 heavy (non-hydrogen) atoms. The van der Waals surface area contributed by atoms with Gasteiger partial charge in [0.05, 0.1) is 0 Å². The molecular weight excluding hydrogens is 218 g/mol. The van der Waals surface area contributed by atoms with E-state index in [4.69, 9.17) is 0 Å². The van der Waals surface area contributed by atoms with Gasteiger partial charge in [-0.15, -0.1) is 0 Å². The fourth-order valence-electron chi connectivity index (χ4n) is 5.77. The average Bonchev–Trinajstić information content (AvgIpc) is 2.35. The first-order valence-corrected chi connectivity index (χ1v) is 8.49. The molecule has 104 valence electrons. The van der Waals surface area contributed by atoms with Crippen molar-refractivity contribution in [2.45, 2.75) is 70.8 Å². The van der Waals surface area contributed by atoms with Gasteiger partial charge >= 0.3 is 0 Å². The molecule has 0 saturated heterocycles. The van der Waals surface area contributed by atoms with Crippen molar-refractivity contribution < 1.29 is 0 Å². The van der Waals surface area contributed by atoms with E-state index >= 15 is 0 Å². The second kappa shape index (κ2) is 5.53. The van der Waals surface area contributed by atoms with Gasteiger partial charge in [-0.3, -0.25) is 0 Å². The summed E-state index contributed by atoms with van der Waals surface area (Å²) >= 11 is 0. The van der Waals surface area contributed by atoms with E-state index in [2.05, 4.69) is 19.3 Å². The molecule has 4 saturated carbocycles. The van der Waals surface area contributed by atoms with E-state index in [1.54, 1.807) is 32.1 Å². The predicted molar refractivity (Wildman–Crippen MR) is 77.5 cm³/mol. The molecule has 1 heteroatoms. The second-order valence-electron chi connectivity index (χ2n) is 7.40. The number of unbranched alkanes of at least 4 members (excludes halogenated alkanes) is 2. The Morgan fingerprint density at radius 2 is 1.56 bits per heavy atom. The van der Waals surface area contributed by atoms with Crippen LogP contribution in [0, 0.1) is 29.6 Å². The molecule has 4 bridgehead atoms. The van der Waals surface area contributed by atoms with Crippen LogP contribution < -0.4 is 5.32 Å². The van der Waals surface area contributed by atoms with Crippen molar-refractivity contribution in [3.63, 3.8) is 0 Å². The van der Waals surface area contributed by atoms with Gasteiger partial charge in [0.1, 0.15) is 0 Å². The Morgan fingerprint density at radius 1 is 0.944 bits per heavy atom. The molecule has 1 N–H and O–H groups in total. The zero-order chi connectivity index (χ0) is 12.5. The maximum atomic E-state index is 3.69. The number of nitrogens with one attached hydrogen (secondary N) is 1. The van der Waals surface area contributed by atoms with E-state index in [0.717, 1.165) is 35.6 Å². The highest BCUT2D eigenvalue weighted by Crippen LogP contribution is 2.57. The molecule has 1 unspecified atom stereocenters. The monoisotopic (exact) mass is 249 g/mol. The van der Waals surface area contributed by atoms with E-state index in [0.29, 0.717) is 0 Å². The minimum Gasteiger partial charge on any atom is -0.317 e. The maximum absolute atomic E-state index is 3.69. The molecule has 0 aromatic carbocycles. The lowest BCUT2D eigenvalue weighted by atomic mass is 9.50. The molecule has 0 aromatic heterocycles. The van der Waals surface area contributed by atoms with E-state index in [9.17, 15) is 0 Å². The maximum Gasteiger partial charge on any atom is 0.00976 e. The van der Waals surface area contributed by atoms with Crippen molar-refractivity contribution in [2.24, 2.45) is 29.6 Å². The molecule has 0 spiro atoms. The molecule has 0 heterocycles. The van der Waals surface area contributed by atoms with Gasteiger partial charge < -0.3 is 5.32 Å². The van der Waals surface area contributed by atoms with Crippen LogP contribution in [0.5, 0.6) is 0 Å². The molecule has 4 rings (SSSR count). The highest BCUT2D eigenvalue weighted by atomic mass is 14.9. The van der Waals surface area contributed by atoms with E-state index in [1.165, 1.54) is 25.7 Å². The number of hydrogen-bond donors (Lipinski definition) is 1. The minimum absolute atomic E-state index is 0.826. The lowest BCUT2D eigenvalue weighted by molar-refractivity contribution is -0.0522. The molecular formula is C17H31N. The summed E-state index contributed by atoms with van der Waals surface area (Å²) in [5.74, 6) is 5.44. The van der Waals surface area contributed by atoms with Crippen molar-refractivity contribution in [1.82, 2.24) is 5.32 Å². The summed E-state index contributed by atoms with van der Waals surface area (Å²) in [7, 11) is 2.21. The highest BCUT2D eigenvalue weighted by molar-refractivity contribution is 5.01. The van der Waals surface area contributed by atoms with Crippen LogP contribution in [-0.4, -0.2) is 13.1 Å². The Hall–Kier alpha value is -0.0400. The summed E-state index contributed by atoms with van der Waals surface area (Å²) in [6.07, 6.45) is 13.5. The van der Waals surface area contributed by atoms with Gasteiger partial charge in [0.15, 0.2) is 0 Å². The summed E-state index contributed by atoms with van der Waals surface area (Å²) in [4.78, 5) is 0. The Morgan fingerprint density at radius 3 is 2.06 bits per heavy atom. The average molecular weight is 249 g/mol. The van der Waals surface area contributed by atoms with Crippen LogP contribution in [0.25, 0.3) is 0 Å². The van der Waals surface area contributed by atoms with Crippen LogP contribution in [0.15, 0.2) is 0 Å². The van der Waals surface area contributed by atoms with Gasteiger partial charge in [-0.2, -0.15) is 0 Å². The van der Waals surface area contributed by atoms with Crippen LogP contribution >= 0.6 is 0 Å². The standard InChI is InChI=1S/C17H31N/c1-3-4-5-6-16(18-2)17-14-8-12-7-13(10-14)11-15(17)9-12/h12-18H,3-11H2,1-2H3. The van der Waals surface area contributed by atoms with Crippen LogP contribution in [-0.2, 0) is 0 Å². The van der Waals surface area contributed by atoms with Crippen LogP contribution in [0.1, 0.15) is 64.7 Å². The van der Waals surface area contributed by atoms with Gasteiger partial charge in [-0.1, -0.05) is 26.2 Å². The van der Waals surface area contributed by atoms with Crippen molar-refractivity contribution in [3.8, 4) is 0 Å². The third kappa shape index (κ3) is 2.35. The van der Waals surface area contributed by atoms with Crippen LogP contribution in [0.2, 0.25) is 0 Å². The van der Waals surface area contributed by atoms with E-state index < -0.39 is 0 Å². The van der Waals surface area contributed by atoms with Crippen LogP contribution in [0.3, 0.4) is 0 Å². The fraction of sp³-hybridized carbons (Fsp3) is 1.00. The predicted octanol–water partition coefficient (Wildman–Crippen LogP) is 4.23. The quantitative estimate of drug-likeness (QED) is 0.695. The Balaban J connectivity index is 1.63. The van der Waals surface area contributed by atoms with Crippen molar-refractivity contribution >= 4 is 0 Å². The molecule has 1 atom stereocenters. The molecule has 0 radical (unpaired) electrons. The van der Waals surface area contributed by atoms with Crippen LogP contribution in [0.4, 0.5) is 0 Å². The first-order chi connectivity index (χ1) is 8.81. The van der Waals surface area contributed by atoms with E-state index in [-0.39, 0.29) is 0 Å². The summed E-state index contributed by atoms with van der Waals surface area (Å²) in [5, 5.41) is 3.69. The Kier molecular flexibility index (Phi) is 3.98. The second-order valence-corrected chi connectivity index (χ2v) is 7.40. The molecule has 1 nitrogen and oxygen atoms in total. The van der Waals surface area contributed by atoms with Gasteiger partial charge in [0.25, 0.3) is 0 Å². The Bertz CT molecular complexity index is 245. The minimum atomic E-state index is 0.826. The number of hydrogen-bond acceptors (Lipinski definition) is 1. The third-order valence-corrected chi connectivity index (χ3v) is 6.25. The van der Waals surface area contributed by atoms with Gasteiger partial charge in [-0.25, -0.2) is 0 Å². The highest BCUT2D eigenvalue weighted by Gasteiger charge is 2.49. The fourth-order valence-corrected chi connectivity index (χ4v) is 5.77. The normalized spacial score (nSPS) is 43.3. The molecule has 0 aliphatic heterocycles. The molecule has 4 aliphatic rings. The van der Waals surface area contributed by atoms with Gasteiger partial charge in [0.2, 0.25) is 0 Å². The zero-order valence-electron chi connectivity index (χ0n) is 12.3. The first kappa shape index (κ1) is 13.0. The van der Waals surface area contributed by atoms with Gasteiger partial charge in [-0.05, 0) is 75.2 Å². The summed E-state index contributed by atoms with van der Waals surface area (Å²) < 4.78 is 0. The van der Waals surface area contributed by atoms with Crippen molar-refractivity contribution in [1.29, 1.82) is 0 Å². The molecule has 0 amide bonds. The topological polar surface area (TPSA) is 12.0 Å². The van der Waals surface area contributed by atoms with Crippen molar-refractivity contribution in [2.75, 3.05) is 7.05 Å². The summed E-state index contributed by atoms with van der Waals surface area (Å²) in [5.41, 5.74) is 0. The molecule has 0 aromatic rings. The smallest absolute Gasteiger partial charge is 0.00976 e. The third-order valence-electron chi connectivity index (χ3n) is 6.25. The van der Waals surface area contributed by atoms with E-state index in [1.807, 2.05) is 0 Å². The SMILES string of the molecule is CCCCCC(NC)C1C2CC3CC(C2)CC1C3. The largest absolute Gasteiger partial charge is 0.317 e. The number of rotatable bonds is 6. The Labute approximate surface area is 113 Å². The van der Waals surface area contributed by atoms with Gasteiger partial charge in [0, 0.05) is 6.04 Å². The summed E-state index contributed by atoms with van der Waals surface area (Å²) in [6.45, 7) is 2.32. The van der Waals surface area contributed by atoms with Crippen molar-refractivity contribution in [3.05, 3.63) is 0 Å². The first-order valence-electron chi connectivity index (χ1n) is 8.49. The molecule has 4 aliphatic carbocycles.